The third-order valence-corrected chi connectivity index (χ3v) is 1.51. The second-order valence-electron chi connectivity index (χ2n) is 2.27. The van der Waals surface area contributed by atoms with E-state index in [0.717, 1.165) is 6.42 Å². The van der Waals surface area contributed by atoms with Crippen LogP contribution in [0.1, 0.15) is 13.3 Å². The largest absolute Gasteiger partial charge is 0.387 e. The van der Waals surface area contributed by atoms with Crippen molar-refractivity contribution in [3.63, 3.8) is 0 Å². The number of halogens is 1. The van der Waals surface area contributed by atoms with Gasteiger partial charge in [-0.05, 0) is 12.3 Å². The Morgan fingerprint density at radius 1 is 1.75 bits per heavy atom. The van der Waals surface area contributed by atoms with E-state index in [2.05, 4.69) is 6.92 Å². The first kappa shape index (κ1) is 7.76. The van der Waals surface area contributed by atoms with Crippen LogP contribution >= 0.6 is 12.4 Å². The van der Waals surface area contributed by atoms with Gasteiger partial charge in [-0.2, -0.15) is 0 Å². The fraction of sp³-hybridized carbons (Fsp3) is 0.800. The van der Waals surface area contributed by atoms with E-state index in [9.17, 15) is 0 Å². The van der Waals surface area contributed by atoms with Crippen LogP contribution in [0.2, 0.25) is 0 Å². The van der Waals surface area contributed by atoms with Gasteiger partial charge in [0, 0.05) is 5.92 Å². The summed E-state index contributed by atoms with van der Waals surface area (Å²) in [6.45, 7) is 2.12. The van der Waals surface area contributed by atoms with E-state index in [0.29, 0.717) is 17.7 Å². The molecule has 0 amide bonds. The highest BCUT2D eigenvalue weighted by Gasteiger charge is 2.34. The third kappa shape index (κ3) is 1.37. The highest BCUT2D eigenvalue weighted by atomic mass is 35.5. The molecule has 1 aliphatic carbocycles. The summed E-state index contributed by atoms with van der Waals surface area (Å²) in [5.41, 5.74) is 5.17. The Bertz CT molecular complexity index is 103. The average molecular weight is 135 g/mol. The van der Waals surface area contributed by atoms with Crippen LogP contribution in [0.3, 0.4) is 0 Å². The number of nitrogens with one attached hydrogen (secondary N) is 1. The summed E-state index contributed by atoms with van der Waals surface area (Å²) < 4.78 is 0. The first-order chi connectivity index (χ1) is 3.22. The maximum atomic E-state index is 6.92. The highest BCUT2D eigenvalue weighted by molar-refractivity contribution is 5.85. The lowest BCUT2D eigenvalue weighted by molar-refractivity contribution is 0.915. The van der Waals surface area contributed by atoms with Crippen LogP contribution in [0.4, 0.5) is 0 Å². The van der Waals surface area contributed by atoms with Gasteiger partial charge in [0.1, 0.15) is 0 Å². The Kier molecular flexibility index (Phi) is 2.28. The van der Waals surface area contributed by atoms with Gasteiger partial charge in [-0.15, -0.1) is 12.4 Å². The van der Waals surface area contributed by atoms with Crippen LogP contribution in [0.15, 0.2) is 0 Å². The van der Waals surface area contributed by atoms with Crippen molar-refractivity contribution >= 4 is 18.2 Å². The second-order valence-corrected chi connectivity index (χ2v) is 2.27. The van der Waals surface area contributed by atoms with Crippen LogP contribution in [-0.2, 0) is 0 Å². The molecule has 0 radical (unpaired) electrons. The molecule has 0 heterocycles. The van der Waals surface area contributed by atoms with Gasteiger partial charge in [0.25, 0.3) is 0 Å². The highest BCUT2D eigenvalue weighted by Crippen LogP contribution is 2.36. The Morgan fingerprint density at radius 3 is 2.12 bits per heavy atom. The molecule has 0 unspecified atom stereocenters. The molecule has 0 saturated heterocycles. The molecule has 1 saturated carbocycles. The van der Waals surface area contributed by atoms with Crippen molar-refractivity contribution in [2.45, 2.75) is 13.3 Å². The van der Waals surface area contributed by atoms with E-state index in [4.69, 9.17) is 11.1 Å². The molecule has 3 heteroatoms. The first-order valence-corrected chi connectivity index (χ1v) is 2.55. The lowest BCUT2D eigenvalue weighted by atomic mass is 10.3. The van der Waals surface area contributed by atoms with Crippen molar-refractivity contribution in [3.05, 3.63) is 0 Å². The maximum Gasteiger partial charge on any atom is 0.0939 e. The first-order valence-electron chi connectivity index (χ1n) is 2.55. The Hall–Kier alpha value is -0.240. The van der Waals surface area contributed by atoms with Gasteiger partial charge in [-0.3, -0.25) is 5.41 Å². The topological polar surface area (TPSA) is 49.9 Å². The van der Waals surface area contributed by atoms with Gasteiger partial charge in [-0.25, -0.2) is 0 Å². The van der Waals surface area contributed by atoms with Crippen LogP contribution in [0, 0.1) is 17.2 Å². The molecule has 0 aromatic rings. The molecule has 0 spiro atoms. The molecule has 3 N–H and O–H groups in total. The molecule has 1 fully saturated rings. The number of rotatable bonds is 1. The van der Waals surface area contributed by atoms with E-state index >= 15 is 0 Å². The fourth-order valence-electron chi connectivity index (χ4n) is 0.755. The summed E-state index contributed by atoms with van der Waals surface area (Å²) in [4.78, 5) is 0. The van der Waals surface area contributed by atoms with Gasteiger partial charge >= 0.3 is 0 Å². The number of hydrogen-bond acceptors (Lipinski definition) is 1. The molecule has 2 nitrogen and oxygen atoms in total. The quantitative estimate of drug-likeness (QED) is 0.408. The molecule has 1 aliphatic rings. The molecule has 1 rings (SSSR count). The summed E-state index contributed by atoms with van der Waals surface area (Å²) >= 11 is 0. The smallest absolute Gasteiger partial charge is 0.0939 e. The lowest BCUT2D eigenvalue weighted by Gasteiger charge is -1.86. The van der Waals surface area contributed by atoms with Gasteiger partial charge in [0.2, 0.25) is 0 Å². The van der Waals surface area contributed by atoms with Gasteiger partial charge in [0.05, 0.1) is 5.84 Å². The second kappa shape index (κ2) is 2.35. The molecule has 48 valence electrons. The van der Waals surface area contributed by atoms with Crippen molar-refractivity contribution in [2.75, 3.05) is 0 Å². The van der Waals surface area contributed by atoms with Crippen molar-refractivity contribution in [1.82, 2.24) is 0 Å². The maximum absolute atomic E-state index is 6.92. The van der Waals surface area contributed by atoms with E-state index in [-0.39, 0.29) is 12.4 Å². The monoisotopic (exact) mass is 134 g/mol. The minimum atomic E-state index is 0. The van der Waals surface area contributed by atoms with Crippen molar-refractivity contribution in [3.8, 4) is 0 Å². The van der Waals surface area contributed by atoms with Crippen LogP contribution < -0.4 is 5.73 Å². The Labute approximate surface area is 55.4 Å². The molecule has 2 atom stereocenters. The van der Waals surface area contributed by atoms with E-state index in [1.165, 1.54) is 0 Å². The van der Waals surface area contributed by atoms with Gasteiger partial charge in [0.15, 0.2) is 0 Å². The normalized spacial score (nSPS) is 33.1. The molecule has 0 aliphatic heterocycles. The van der Waals surface area contributed by atoms with Crippen LogP contribution in [0.5, 0.6) is 0 Å². The standard InChI is InChI=1S/C5H10N2.ClH/c1-3-2-4(3)5(6)7;/h3-4H,2H2,1H3,(H3,6,7);1H/t3-,4-;/m1./s1. The number of hydrogen-bond donors (Lipinski definition) is 2. The summed E-state index contributed by atoms with van der Waals surface area (Å²) in [6, 6.07) is 0. The fourth-order valence-corrected chi connectivity index (χ4v) is 0.755. The summed E-state index contributed by atoms with van der Waals surface area (Å²) in [5.74, 6) is 1.49. The summed E-state index contributed by atoms with van der Waals surface area (Å²) in [6.07, 6.45) is 1.13. The molecular weight excluding hydrogens is 124 g/mol. The third-order valence-electron chi connectivity index (χ3n) is 1.51. The SMILES string of the molecule is C[C@@H]1C[C@H]1C(=N)N.Cl. The van der Waals surface area contributed by atoms with Crippen molar-refractivity contribution in [1.29, 1.82) is 5.41 Å². The molecule has 8 heavy (non-hydrogen) atoms. The zero-order valence-electron chi connectivity index (χ0n) is 4.85. The molecule has 0 aromatic carbocycles. The lowest BCUT2D eigenvalue weighted by Crippen LogP contribution is -2.12. The average Bonchev–Trinajstić information content (AvgIpc) is 2.17. The predicted molar refractivity (Wildman–Crippen MR) is 36.4 cm³/mol. The minimum absolute atomic E-state index is 0. The van der Waals surface area contributed by atoms with E-state index < -0.39 is 0 Å². The molecule has 0 bridgehead atoms. The summed E-state index contributed by atoms with van der Waals surface area (Å²) in [7, 11) is 0. The number of amidine groups is 1. The summed E-state index contributed by atoms with van der Waals surface area (Å²) in [5, 5.41) is 6.92. The van der Waals surface area contributed by atoms with Gasteiger partial charge in [-0.1, -0.05) is 6.92 Å². The minimum Gasteiger partial charge on any atom is -0.387 e. The Morgan fingerprint density at radius 2 is 2.12 bits per heavy atom. The zero-order valence-corrected chi connectivity index (χ0v) is 5.66. The van der Waals surface area contributed by atoms with E-state index in [1.54, 1.807) is 0 Å². The predicted octanol–water partition coefficient (Wildman–Crippen LogP) is 1.00. The van der Waals surface area contributed by atoms with Crippen LogP contribution in [-0.4, -0.2) is 5.84 Å². The zero-order chi connectivity index (χ0) is 5.44. The molecular formula is C5H11ClN2. The number of nitrogens with two attached hydrogens (primary N) is 1. The van der Waals surface area contributed by atoms with E-state index in [1.807, 2.05) is 0 Å². The van der Waals surface area contributed by atoms with Crippen LogP contribution in [0.25, 0.3) is 0 Å². The van der Waals surface area contributed by atoms with Crippen molar-refractivity contribution in [2.24, 2.45) is 17.6 Å². The Balaban J connectivity index is 0.000000490. The molecule has 0 aromatic heterocycles. The van der Waals surface area contributed by atoms with Crippen molar-refractivity contribution < 1.29 is 0 Å². The van der Waals surface area contributed by atoms with Gasteiger partial charge < -0.3 is 5.73 Å².